The highest BCUT2D eigenvalue weighted by atomic mass is 16.2. The molecule has 1 atom stereocenters. The summed E-state index contributed by atoms with van der Waals surface area (Å²) in [4.78, 5) is 21.9. The van der Waals surface area contributed by atoms with E-state index in [1.165, 1.54) is 0 Å². The lowest BCUT2D eigenvalue weighted by molar-refractivity contribution is 0.0920. The standard InChI is InChI=1S/C20H24N6O/c1-25-10-11-26(13-15-6-4-5-9-21-15)14-16(12-25)22-20(27)19-17-7-2-3-8-18(17)23-24-19/h2-9,16H,10-14H2,1H3,(H,22,27)(H,23,24). The van der Waals surface area contributed by atoms with Gasteiger partial charge in [0.2, 0.25) is 0 Å². The Morgan fingerprint density at radius 1 is 1.19 bits per heavy atom. The summed E-state index contributed by atoms with van der Waals surface area (Å²) < 4.78 is 0. The van der Waals surface area contributed by atoms with Gasteiger partial charge in [0.15, 0.2) is 5.69 Å². The van der Waals surface area contributed by atoms with Crippen molar-refractivity contribution in [3.63, 3.8) is 0 Å². The highest BCUT2D eigenvalue weighted by Crippen LogP contribution is 2.15. The van der Waals surface area contributed by atoms with Crippen molar-refractivity contribution < 1.29 is 4.79 Å². The molecule has 0 spiro atoms. The molecule has 1 aromatic carbocycles. The van der Waals surface area contributed by atoms with Gasteiger partial charge >= 0.3 is 0 Å². The van der Waals surface area contributed by atoms with Crippen LogP contribution in [0.2, 0.25) is 0 Å². The fraction of sp³-hybridized carbons (Fsp3) is 0.350. The van der Waals surface area contributed by atoms with Crippen molar-refractivity contribution in [2.24, 2.45) is 0 Å². The molecule has 1 aliphatic heterocycles. The highest BCUT2D eigenvalue weighted by Gasteiger charge is 2.24. The number of amides is 1. The van der Waals surface area contributed by atoms with E-state index in [1.807, 2.05) is 48.7 Å². The first-order valence-electron chi connectivity index (χ1n) is 9.24. The number of para-hydroxylation sites is 1. The highest BCUT2D eigenvalue weighted by molar-refractivity contribution is 6.04. The maximum atomic E-state index is 12.8. The molecule has 0 aliphatic carbocycles. The Kier molecular flexibility index (Phi) is 5.13. The van der Waals surface area contributed by atoms with E-state index in [0.29, 0.717) is 5.69 Å². The van der Waals surface area contributed by atoms with Gasteiger partial charge in [0.05, 0.1) is 17.3 Å². The number of benzene rings is 1. The van der Waals surface area contributed by atoms with Gasteiger partial charge in [-0.3, -0.25) is 19.8 Å². The van der Waals surface area contributed by atoms with Gasteiger partial charge in [-0.1, -0.05) is 24.3 Å². The summed E-state index contributed by atoms with van der Waals surface area (Å²) in [5, 5.41) is 11.2. The van der Waals surface area contributed by atoms with Crippen LogP contribution in [0.5, 0.6) is 0 Å². The first kappa shape index (κ1) is 17.6. The number of carbonyl (C=O) groups is 1. The van der Waals surface area contributed by atoms with Crippen LogP contribution in [0.3, 0.4) is 0 Å². The van der Waals surface area contributed by atoms with E-state index in [2.05, 4.69) is 37.3 Å². The zero-order valence-corrected chi connectivity index (χ0v) is 15.4. The van der Waals surface area contributed by atoms with Gasteiger partial charge in [0, 0.05) is 44.3 Å². The second-order valence-electron chi connectivity index (χ2n) is 7.11. The average Bonchev–Trinajstić information content (AvgIpc) is 3.03. The molecule has 1 aliphatic rings. The number of hydrogen-bond donors (Lipinski definition) is 2. The van der Waals surface area contributed by atoms with E-state index in [4.69, 9.17) is 0 Å². The number of rotatable bonds is 4. The van der Waals surface area contributed by atoms with Crippen LogP contribution >= 0.6 is 0 Å². The number of hydrogen-bond acceptors (Lipinski definition) is 5. The van der Waals surface area contributed by atoms with Gasteiger partial charge in [-0.15, -0.1) is 0 Å². The van der Waals surface area contributed by atoms with Crippen LogP contribution in [0.1, 0.15) is 16.2 Å². The molecule has 3 heterocycles. The molecule has 4 rings (SSSR count). The minimum Gasteiger partial charge on any atom is -0.345 e. The zero-order valence-electron chi connectivity index (χ0n) is 15.4. The maximum absolute atomic E-state index is 12.8. The average molecular weight is 364 g/mol. The Balaban J connectivity index is 1.47. The van der Waals surface area contributed by atoms with Gasteiger partial charge in [-0.25, -0.2) is 0 Å². The summed E-state index contributed by atoms with van der Waals surface area (Å²) in [7, 11) is 2.09. The third-order valence-corrected chi connectivity index (χ3v) is 4.94. The van der Waals surface area contributed by atoms with Crippen LogP contribution in [0.4, 0.5) is 0 Å². The Bertz CT molecular complexity index is 909. The fourth-order valence-corrected chi connectivity index (χ4v) is 3.59. The summed E-state index contributed by atoms with van der Waals surface area (Å²) in [6.45, 7) is 4.30. The topological polar surface area (TPSA) is 77.2 Å². The number of nitrogens with zero attached hydrogens (tertiary/aromatic N) is 4. The van der Waals surface area contributed by atoms with Gasteiger partial charge in [-0.2, -0.15) is 5.10 Å². The van der Waals surface area contributed by atoms with Crippen molar-refractivity contribution in [1.82, 2.24) is 30.3 Å². The number of H-pyrrole nitrogens is 1. The van der Waals surface area contributed by atoms with E-state index in [9.17, 15) is 4.79 Å². The third kappa shape index (κ3) is 4.15. The number of pyridine rings is 1. The van der Waals surface area contributed by atoms with E-state index in [0.717, 1.165) is 49.3 Å². The SMILES string of the molecule is CN1CCN(Cc2ccccn2)CC(NC(=O)c2n[nH]c3ccccc23)C1. The summed E-state index contributed by atoms with van der Waals surface area (Å²) in [5.41, 5.74) is 2.37. The molecule has 7 heteroatoms. The molecule has 1 unspecified atom stereocenters. The Morgan fingerprint density at radius 3 is 2.89 bits per heavy atom. The largest absolute Gasteiger partial charge is 0.345 e. The molecule has 140 valence electrons. The second-order valence-corrected chi connectivity index (χ2v) is 7.11. The molecule has 2 aromatic heterocycles. The molecule has 0 radical (unpaired) electrons. The molecular formula is C20H24N6O. The first-order chi connectivity index (χ1) is 13.2. The lowest BCUT2D eigenvalue weighted by Crippen LogP contribution is -2.46. The lowest BCUT2D eigenvalue weighted by atomic mass is 10.2. The number of fused-ring (bicyclic) bond motifs is 1. The molecule has 7 nitrogen and oxygen atoms in total. The lowest BCUT2D eigenvalue weighted by Gasteiger charge is -2.24. The van der Waals surface area contributed by atoms with E-state index < -0.39 is 0 Å². The predicted molar refractivity (Wildman–Crippen MR) is 104 cm³/mol. The van der Waals surface area contributed by atoms with Gasteiger partial charge in [0.1, 0.15) is 0 Å². The monoisotopic (exact) mass is 364 g/mol. The van der Waals surface area contributed by atoms with Crippen molar-refractivity contribution >= 4 is 16.8 Å². The molecule has 1 fully saturated rings. The third-order valence-electron chi connectivity index (χ3n) is 4.94. The molecular weight excluding hydrogens is 340 g/mol. The van der Waals surface area contributed by atoms with E-state index in [1.54, 1.807) is 0 Å². The van der Waals surface area contributed by atoms with Crippen LogP contribution in [0.15, 0.2) is 48.7 Å². The van der Waals surface area contributed by atoms with Crippen LogP contribution in [-0.4, -0.2) is 70.2 Å². The van der Waals surface area contributed by atoms with E-state index in [-0.39, 0.29) is 11.9 Å². The fourth-order valence-electron chi connectivity index (χ4n) is 3.59. The first-order valence-corrected chi connectivity index (χ1v) is 9.24. The van der Waals surface area contributed by atoms with Crippen molar-refractivity contribution in [3.8, 4) is 0 Å². The van der Waals surface area contributed by atoms with Gasteiger partial charge < -0.3 is 10.2 Å². The number of nitrogens with one attached hydrogen (secondary N) is 2. The molecule has 1 amide bonds. The number of aromatic nitrogens is 3. The zero-order chi connectivity index (χ0) is 18.6. The van der Waals surface area contributed by atoms with Crippen molar-refractivity contribution in [2.75, 3.05) is 33.2 Å². The van der Waals surface area contributed by atoms with Crippen molar-refractivity contribution in [3.05, 3.63) is 60.0 Å². The second kappa shape index (κ2) is 7.85. The molecule has 2 N–H and O–H groups in total. The predicted octanol–water partition coefficient (Wildman–Crippen LogP) is 1.50. The molecule has 0 saturated carbocycles. The van der Waals surface area contributed by atoms with Crippen molar-refractivity contribution in [2.45, 2.75) is 12.6 Å². The van der Waals surface area contributed by atoms with Gasteiger partial charge in [-0.05, 0) is 25.2 Å². The van der Waals surface area contributed by atoms with Crippen LogP contribution in [0, 0.1) is 0 Å². The van der Waals surface area contributed by atoms with Gasteiger partial charge in [0.25, 0.3) is 5.91 Å². The molecule has 0 bridgehead atoms. The van der Waals surface area contributed by atoms with Crippen molar-refractivity contribution in [1.29, 1.82) is 0 Å². The quantitative estimate of drug-likeness (QED) is 0.734. The normalized spacial score (nSPS) is 19.1. The maximum Gasteiger partial charge on any atom is 0.272 e. The Morgan fingerprint density at radius 2 is 2.04 bits per heavy atom. The smallest absolute Gasteiger partial charge is 0.272 e. The Hall–Kier alpha value is -2.77. The number of carbonyl (C=O) groups excluding carboxylic acids is 1. The summed E-state index contributed by atoms with van der Waals surface area (Å²) in [5.74, 6) is -0.134. The molecule has 1 saturated heterocycles. The van der Waals surface area contributed by atoms with Crippen LogP contribution in [-0.2, 0) is 6.54 Å². The summed E-state index contributed by atoms with van der Waals surface area (Å²) in [6, 6.07) is 13.7. The minimum atomic E-state index is -0.134. The minimum absolute atomic E-state index is 0.0316. The number of aromatic amines is 1. The van der Waals surface area contributed by atoms with Crippen LogP contribution < -0.4 is 5.32 Å². The molecule has 3 aromatic rings. The Labute approximate surface area is 158 Å². The molecule has 27 heavy (non-hydrogen) atoms. The summed E-state index contributed by atoms with van der Waals surface area (Å²) >= 11 is 0. The number of likely N-dealkylation sites (N-methyl/N-ethyl adjacent to an activating group) is 1. The summed E-state index contributed by atoms with van der Waals surface area (Å²) in [6.07, 6.45) is 1.82. The van der Waals surface area contributed by atoms with E-state index >= 15 is 0 Å². The van der Waals surface area contributed by atoms with Crippen LogP contribution in [0.25, 0.3) is 10.9 Å².